The van der Waals surface area contributed by atoms with Gasteiger partial charge < -0.3 is 10.1 Å². The van der Waals surface area contributed by atoms with E-state index in [0.717, 1.165) is 5.56 Å². The lowest BCUT2D eigenvalue weighted by atomic mass is 10.2. The number of hydrogen-bond donors (Lipinski definition) is 2. The summed E-state index contributed by atoms with van der Waals surface area (Å²) in [6.07, 6.45) is 3.13. The second kappa shape index (κ2) is 9.80. The van der Waals surface area contributed by atoms with Crippen LogP contribution in [0, 0.1) is 6.92 Å². The van der Waals surface area contributed by atoms with Crippen molar-refractivity contribution in [2.75, 3.05) is 17.1 Å². The van der Waals surface area contributed by atoms with Crippen molar-refractivity contribution in [3.8, 4) is 5.75 Å². The van der Waals surface area contributed by atoms with Crippen LogP contribution >= 0.6 is 0 Å². The number of para-hydroxylation sites is 2. The summed E-state index contributed by atoms with van der Waals surface area (Å²) in [4.78, 5) is 12.8. The zero-order valence-corrected chi connectivity index (χ0v) is 19.5. The van der Waals surface area contributed by atoms with Crippen LogP contribution in [0.25, 0.3) is 0 Å². The third kappa shape index (κ3) is 5.26. The molecule has 34 heavy (non-hydrogen) atoms. The van der Waals surface area contributed by atoms with Gasteiger partial charge in [-0.25, -0.2) is 8.42 Å². The highest BCUT2D eigenvalue weighted by Crippen LogP contribution is 2.28. The summed E-state index contributed by atoms with van der Waals surface area (Å²) in [6.45, 7) is 2.23. The first-order valence-corrected chi connectivity index (χ1v) is 12.0. The minimum Gasteiger partial charge on any atom is -0.495 e. The van der Waals surface area contributed by atoms with E-state index in [1.54, 1.807) is 54.2 Å². The van der Waals surface area contributed by atoms with Gasteiger partial charge in [-0.3, -0.25) is 14.2 Å². The van der Waals surface area contributed by atoms with E-state index >= 15 is 0 Å². The molecule has 3 aromatic carbocycles. The Bertz CT molecular complexity index is 1420. The van der Waals surface area contributed by atoms with Crippen molar-refractivity contribution in [1.82, 2.24) is 9.78 Å². The molecule has 0 fully saturated rings. The summed E-state index contributed by atoms with van der Waals surface area (Å²) < 4.78 is 35.6. The summed E-state index contributed by atoms with van der Waals surface area (Å²) in [6, 6.07) is 21.3. The first-order valence-electron chi connectivity index (χ1n) is 10.5. The largest absolute Gasteiger partial charge is 0.495 e. The second-order valence-electron chi connectivity index (χ2n) is 7.65. The molecule has 4 rings (SSSR count). The molecule has 0 saturated carbocycles. The van der Waals surface area contributed by atoms with E-state index in [0.29, 0.717) is 34.8 Å². The zero-order valence-electron chi connectivity index (χ0n) is 18.7. The Morgan fingerprint density at radius 1 is 1.03 bits per heavy atom. The molecule has 0 aliphatic heterocycles. The minimum atomic E-state index is -3.93. The van der Waals surface area contributed by atoms with Crippen LogP contribution in [0.15, 0.2) is 90.1 Å². The molecule has 0 saturated heterocycles. The number of carbonyl (C=O) groups is 1. The number of nitrogens with one attached hydrogen (secondary N) is 2. The third-order valence-electron chi connectivity index (χ3n) is 5.17. The van der Waals surface area contributed by atoms with E-state index in [4.69, 9.17) is 4.74 Å². The van der Waals surface area contributed by atoms with Crippen LogP contribution in [-0.2, 0) is 16.6 Å². The predicted molar refractivity (Wildman–Crippen MR) is 131 cm³/mol. The predicted octanol–water partition coefficient (Wildman–Crippen LogP) is 4.30. The van der Waals surface area contributed by atoms with Gasteiger partial charge in [0, 0.05) is 11.9 Å². The molecule has 0 radical (unpaired) electrons. The molecule has 0 bridgehead atoms. The SMILES string of the molecule is COc1ccccc1NS(=O)(=O)c1cc(NC(=O)c2cnn(Cc3ccccc3)c2)ccc1C. The number of methoxy groups -OCH3 is 1. The number of hydrogen-bond acceptors (Lipinski definition) is 5. The molecule has 1 amide bonds. The smallest absolute Gasteiger partial charge is 0.262 e. The van der Waals surface area contributed by atoms with Crippen molar-refractivity contribution in [3.05, 3.63) is 102 Å². The molecule has 8 nitrogen and oxygen atoms in total. The number of nitrogens with zero attached hydrogens (tertiary/aromatic N) is 2. The van der Waals surface area contributed by atoms with E-state index in [1.807, 2.05) is 30.3 Å². The van der Waals surface area contributed by atoms with Gasteiger partial charge in [-0.2, -0.15) is 5.10 Å². The highest BCUT2D eigenvalue weighted by molar-refractivity contribution is 7.92. The van der Waals surface area contributed by atoms with Gasteiger partial charge in [0.2, 0.25) is 0 Å². The molecular formula is C25H24N4O4S. The van der Waals surface area contributed by atoms with Crippen molar-refractivity contribution in [2.45, 2.75) is 18.4 Å². The Morgan fingerprint density at radius 2 is 1.76 bits per heavy atom. The first-order chi connectivity index (χ1) is 16.4. The average Bonchev–Trinajstić information content (AvgIpc) is 3.29. The quantitative estimate of drug-likeness (QED) is 0.395. The number of anilines is 2. The lowest BCUT2D eigenvalue weighted by molar-refractivity contribution is 0.102. The topological polar surface area (TPSA) is 102 Å². The van der Waals surface area contributed by atoms with E-state index in [-0.39, 0.29) is 10.8 Å². The van der Waals surface area contributed by atoms with Gasteiger partial charge in [0.05, 0.1) is 36.0 Å². The van der Waals surface area contributed by atoms with Gasteiger partial charge >= 0.3 is 0 Å². The van der Waals surface area contributed by atoms with Crippen molar-refractivity contribution in [2.24, 2.45) is 0 Å². The summed E-state index contributed by atoms with van der Waals surface area (Å²) >= 11 is 0. The van der Waals surface area contributed by atoms with Crippen LogP contribution in [0.5, 0.6) is 5.75 Å². The Morgan fingerprint density at radius 3 is 2.53 bits per heavy atom. The van der Waals surface area contributed by atoms with Crippen molar-refractivity contribution in [3.63, 3.8) is 0 Å². The zero-order chi connectivity index (χ0) is 24.1. The Hall–Kier alpha value is -4.11. The number of amides is 1. The number of carbonyl (C=O) groups excluding carboxylic acids is 1. The van der Waals surface area contributed by atoms with E-state index in [9.17, 15) is 13.2 Å². The number of benzene rings is 3. The second-order valence-corrected chi connectivity index (χ2v) is 9.30. The van der Waals surface area contributed by atoms with Crippen molar-refractivity contribution in [1.29, 1.82) is 0 Å². The highest BCUT2D eigenvalue weighted by atomic mass is 32.2. The number of aromatic nitrogens is 2. The molecule has 0 aliphatic rings. The molecule has 9 heteroatoms. The number of aryl methyl sites for hydroxylation is 1. The highest BCUT2D eigenvalue weighted by Gasteiger charge is 2.20. The van der Waals surface area contributed by atoms with E-state index < -0.39 is 10.0 Å². The number of sulfonamides is 1. The third-order valence-corrected chi connectivity index (χ3v) is 6.68. The van der Waals surface area contributed by atoms with Crippen LogP contribution in [0.1, 0.15) is 21.5 Å². The molecule has 174 valence electrons. The standard InChI is InChI=1S/C25H24N4O4S/c1-18-12-13-21(14-24(18)34(31,32)28-22-10-6-7-11-23(22)33-2)27-25(30)20-15-26-29(17-20)16-19-8-4-3-5-9-19/h3-15,17,28H,16H2,1-2H3,(H,27,30). The molecular weight excluding hydrogens is 452 g/mol. The fourth-order valence-corrected chi connectivity index (χ4v) is 4.78. The summed E-state index contributed by atoms with van der Waals surface area (Å²) in [5, 5.41) is 7.00. The summed E-state index contributed by atoms with van der Waals surface area (Å²) in [5.41, 5.74) is 2.65. The van der Waals surface area contributed by atoms with Crippen LogP contribution < -0.4 is 14.8 Å². The Balaban J connectivity index is 1.51. The normalized spacial score (nSPS) is 11.1. The van der Waals surface area contributed by atoms with E-state index in [1.165, 1.54) is 19.4 Å². The van der Waals surface area contributed by atoms with E-state index in [2.05, 4.69) is 15.1 Å². The lowest BCUT2D eigenvalue weighted by Gasteiger charge is -2.14. The van der Waals surface area contributed by atoms with Gasteiger partial charge in [0.1, 0.15) is 5.75 Å². The van der Waals surface area contributed by atoms with Crippen LogP contribution in [0.4, 0.5) is 11.4 Å². The summed E-state index contributed by atoms with van der Waals surface area (Å²) in [7, 11) is -2.46. The Labute approximate surface area is 198 Å². The van der Waals surface area contributed by atoms with Gasteiger partial charge in [0.15, 0.2) is 0 Å². The maximum atomic E-state index is 13.1. The van der Waals surface area contributed by atoms with Crippen LogP contribution in [0.3, 0.4) is 0 Å². The fraction of sp³-hybridized carbons (Fsp3) is 0.120. The van der Waals surface area contributed by atoms with Gasteiger partial charge in [-0.05, 0) is 42.3 Å². The maximum Gasteiger partial charge on any atom is 0.262 e. The Kier molecular flexibility index (Phi) is 6.65. The first kappa shape index (κ1) is 23.1. The number of rotatable bonds is 8. The molecule has 0 spiro atoms. The molecule has 2 N–H and O–H groups in total. The monoisotopic (exact) mass is 476 g/mol. The molecule has 1 heterocycles. The lowest BCUT2D eigenvalue weighted by Crippen LogP contribution is -2.16. The average molecular weight is 477 g/mol. The molecule has 4 aromatic rings. The van der Waals surface area contributed by atoms with Gasteiger partial charge in [-0.1, -0.05) is 48.5 Å². The summed E-state index contributed by atoms with van der Waals surface area (Å²) in [5.74, 6) is 0.0184. The molecule has 0 unspecified atom stereocenters. The van der Waals surface area contributed by atoms with Gasteiger partial charge in [-0.15, -0.1) is 0 Å². The van der Waals surface area contributed by atoms with Crippen molar-refractivity contribution < 1.29 is 17.9 Å². The van der Waals surface area contributed by atoms with Crippen LogP contribution in [0.2, 0.25) is 0 Å². The molecule has 1 aromatic heterocycles. The molecule has 0 atom stereocenters. The maximum absolute atomic E-state index is 13.1. The van der Waals surface area contributed by atoms with Gasteiger partial charge in [0.25, 0.3) is 15.9 Å². The fourth-order valence-electron chi connectivity index (χ4n) is 3.44. The van der Waals surface area contributed by atoms with Crippen molar-refractivity contribution >= 4 is 27.3 Å². The minimum absolute atomic E-state index is 0.0518. The van der Waals surface area contributed by atoms with Crippen LogP contribution in [-0.4, -0.2) is 31.2 Å². The molecule has 0 aliphatic carbocycles. The number of ether oxygens (including phenoxy) is 1.